The van der Waals surface area contributed by atoms with Crippen molar-refractivity contribution < 1.29 is 20.1 Å². The van der Waals surface area contributed by atoms with E-state index in [1.165, 1.54) is 0 Å². The van der Waals surface area contributed by atoms with Crippen LogP contribution in [0.15, 0.2) is 0 Å². The van der Waals surface area contributed by atoms with Gasteiger partial charge >= 0.3 is 5.97 Å². The van der Waals surface area contributed by atoms with Crippen LogP contribution in [0, 0.1) is 0 Å². The van der Waals surface area contributed by atoms with Gasteiger partial charge in [-0.15, -0.1) is 0 Å². The molecule has 0 aromatic heterocycles. The zero-order chi connectivity index (χ0) is 6.91. The van der Waals surface area contributed by atoms with Gasteiger partial charge in [0, 0.05) is 6.42 Å². The van der Waals surface area contributed by atoms with Crippen molar-refractivity contribution in [2.45, 2.75) is 25.4 Å². The topological polar surface area (TPSA) is 78.0 Å². The summed E-state index contributed by atoms with van der Waals surface area (Å²) < 4.78 is 4.61. The molecule has 10 heavy (non-hydrogen) atoms. The summed E-state index contributed by atoms with van der Waals surface area (Å²) >= 11 is 0. The minimum atomic E-state index is -0.824. The summed E-state index contributed by atoms with van der Waals surface area (Å²) in [7, 11) is 0. The molecule has 4 heteroatoms. The summed E-state index contributed by atoms with van der Waals surface area (Å²) in [6.07, 6.45) is 0.686. The highest BCUT2D eigenvalue weighted by Gasteiger charge is 2.29. The molecule has 1 rings (SSSR count). The summed E-state index contributed by atoms with van der Waals surface area (Å²) in [4.78, 5) is 10.5. The lowest BCUT2D eigenvalue weighted by molar-refractivity contribution is -0.157. The lowest BCUT2D eigenvalue weighted by Crippen LogP contribution is -2.35. The monoisotopic (exact) mass is 148 g/mol. The molecule has 0 aliphatic carbocycles. The predicted molar refractivity (Wildman–Crippen MR) is 34.4 cm³/mol. The molecule has 1 aliphatic rings. The van der Waals surface area contributed by atoms with E-state index in [4.69, 9.17) is 0 Å². The van der Waals surface area contributed by atoms with Crippen LogP contribution >= 0.6 is 0 Å². The van der Waals surface area contributed by atoms with Crippen molar-refractivity contribution in [3.05, 3.63) is 0 Å². The molecule has 1 fully saturated rings. The Bertz CT molecular complexity index is 130. The first-order valence-corrected chi connectivity index (χ1v) is 2.98. The van der Waals surface area contributed by atoms with Gasteiger partial charge in [0.1, 0.15) is 0 Å². The molecular weight excluding hydrogens is 136 g/mol. The van der Waals surface area contributed by atoms with Crippen LogP contribution in [-0.4, -0.2) is 28.8 Å². The first kappa shape index (κ1) is 9.39. The molecule has 0 spiro atoms. The van der Waals surface area contributed by atoms with Crippen molar-refractivity contribution in [1.82, 2.24) is 0 Å². The highest BCUT2D eigenvalue weighted by molar-refractivity contribution is 5.71. The fraction of sp³-hybridized carbons (Fsp3) is 0.833. The van der Waals surface area contributed by atoms with Gasteiger partial charge in [0.15, 0.2) is 0 Å². The van der Waals surface area contributed by atoms with E-state index in [-0.39, 0.29) is 17.9 Å². The number of rotatable bonds is 0. The average molecular weight is 148 g/mol. The van der Waals surface area contributed by atoms with Crippen LogP contribution in [0.2, 0.25) is 0 Å². The van der Waals surface area contributed by atoms with Crippen molar-refractivity contribution in [3.8, 4) is 0 Å². The second-order valence-corrected chi connectivity index (χ2v) is 2.64. The van der Waals surface area contributed by atoms with E-state index in [9.17, 15) is 9.90 Å². The minimum Gasteiger partial charge on any atom is -0.465 e. The molecule has 1 aliphatic heterocycles. The quantitative estimate of drug-likeness (QED) is 0.459. The van der Waals surface area contributed by atoms with Crippen LogP contribution in [-0.2, 0) is 9.53 Å². The van der Waals surface area contributed by atoms with Gasteiger partial charge in [-0.05, 0) is 6.92 Å². The van der Waals surface area contributed by atoms with Gasteiger partial charge in [0.25, 0.3) is 0 Å². The molecule has 3 N–H and O–H groups in total. The van der Waals surface area contributed by atoms with E-state index < -0.39 is 5.60 Å². The van der Waals surface area contributed by atoms with Crippen LogP contribution < -0.4 is 0 Å². The summed E-state index contributed by atoms with van der Waals surface area (Å²) in [5.74, 6) is -0.300. The lowest BCUT2D eigenvalue weighted by atomic mass is 9.97. The molecule has 1 heterocycles. The molecule has 0 bridgehead atoms. The molecule has 4 nitrogen and oxygen atoms in total. The molecule has 1 atom stereocenters. The van der Waals surface area contributed by atoms with Crippen molar-refractivity contribution in [2.75, 3.05) is 6.61 Å². The largest absolute Gasteiger partial charge is 0.465 e. The molecule has 0 aromatic carbocycles. The molecule has 0 aromatic rings. The smallest absolute Gasteiger partial charge is 0.308 e. The van der Waals surface area contributed by atoms with Gasteiger partial charge in [-0.25, -0.2) is 0 Å². The number of cyclic esters (lactones) is 1. The SMILES string of the molecule is C[C@@]1(O)CCOC(=O)C1.O. The van der Waals surface area contributed by atoms with Crippen molar-refractivity contribution >= 4 is 5.97 Å². The highest BCUT2D eigenvalue weighted by atomic mass is 16.5. The van der Waals surface area contributed by atoms with E-state index in [1.54, 1.807) is 6.92 Å². The Labute approximate surface area is 59.1 Å². The molecule has 0 unspecified atom stereocenters. The fourth-order valence-corrected chi connectivity index (χ4v) is 0.835. The van der Waals surface area contributed by atoms with Crippen molar-refractivity contribution in [1.29, 1.82) is 0 Å². The second-order valence-electron chi connectivity index (χ2n) is 2.64. The van der Waals surface area contributed by atoms with Gasteiger partial charge in [-0.1, -0.05) is 0 Å². The Hall–Kier alpha value is -0.610. The van der Waals surface area contributed by atoms with E-state index in [0.29, 0.717) is 13.0 Å². The van der Waals surface area contributed by atoms with Gasteiger partial charge in [0.05, 0.1) is 18.6 Å². The third kappa shape index (κ3) is 2.33. The zero-order valence-electron chi connectivity index (χ0n) is 5.89. The molecule has 0 saturated carbocycles. The molecule has 1 saturated heterocycles. The number of ether oxygens (including phenoxy) is 1. The van der Waals surface area contributed by atoms with Crippen LogP contribution in [0.4, 0.5) is 0 Å². The predicted octanol–water partition coefficient (Wildman–Crippen LogP) is -0.750. The third-order valence-electron chi connectivity index (χ3n) is 1.43. The van der Waals surface area contributed by atoms with E-state index in [2.05, 4.69) is 4.74 Å². The Balaban J connectivity index is 0.000000810. The first-order chi connectivity index (χ1) is 4.10. The second kappa shape index (κ2) is 2.98. The Morgan fingerprint density at radius 3 is 2.60 bits per heavy atom. The van der Waals surface area contributed by atoms with Crippen LogP contribution in [0.25, 0.3) is 0 Å². The summed E-state index contributed by atoms with van der Waals surface area (Å²) in [6, 6.07) is 0. The molecular formula is C6H12O4. The number of aliphatic hydroxyl groups is 1. The molecule has 0 radical (unpaired) electrons. The summed E-state index contributed by atoms with van der Waals surface area (Å²) in [6.45, 7) is 2.00. The van der Waals surface area contributed by atoms with Crippen molar-refractivity contribution in [2.24, 2.45) is 0 Å². The maximum Gasteiger partial charge on any atom is 0.308 e. The maximum absolute atomic E-state index is 10.5. The zero-order valence-corrected chi connectivity index (χ0v) is 5.89. The van der Waals surface area contributed by atoms with E-state index in [1.807, 2.05) is 0 Å². The summed E-state index contributed by atoms with van der Waals surface area (Å²) in [5, 5.41) is 9.24. The summed E-state index contributed by atoms with van der Waals surface area (Å²) in [5.41, 5.74) is -0.824. The Morgan fingerprint density at radius 1 is 1.70 bits per heavy atom. The third-order valence-corrected chi connectivity index (χ3v) is 1.43. The maximum atomic E-state index is 10.5. The number of carbonyl (C=O) groups is 1. The van der Waals surface area contributed by atoms with Crippen LogP contribution in [0.1, 0.15) is 19.8 Å². The van der Waals surface area contributed by atoms with Gasteiger partial charge < -0.3 is 15.3 Å². The van der Waals surface area contributed by atoms with Gasteiger partial charge in [-0.2, -0.15) is 0 Å². The Kier molecular flexibility index (Phi) is 2.80. The fourth-order valence-electron chi connectivity index (χ4n) is 0.835. The van der Waals surface area contributed by atoms with Gasteiger partial charge in [0.2, 0.25) is 0 Å². The average Bonchev–Trinajstić information content (AvgIpc) is 1.60. The molecule has 0 amide bonds. The normalized spacial score (nSPS) is 32.4. The standard InChI is InChI=1S/C6H10O3.H2O/c1-6(8)2-3-9-5(7)4-6;/h8H,2-4H2,1H3;1H2/t6-;/m1./s1. The number of carbonyl (C=O) groups excluding carboxylic acids is 1. The van der Waals surface area contributed by atoms with Crippen LogP contribution in [0.5, 0.6) is 0 Å². The van der Waals surface area contributed by atoms with Crippen LogP contribution in [0.3, 0.4) is 0 Å². The lowest BCUT2D eigenvalue weighted by Gasteiger charge is -2.26. The molecule has 60 valence electrons. The number of esters is 1. The number of hydrogen-bond donors (Lipinski definition) is 1. The minimum absolute atomic E-state index is 0. The van der Waals surface area contributed by atoms with Crippen molar-refractivity contribution in [3.63, 3.8) is 0 Å². The number of hydrogen-bond acceptors (Lipinski definition) is 3. The van der Waals surface area contributed by atoms with Gasteiger partial charge in [-0.3, -0.25) is 4.79 Å². The highest BCUT2D eigenvalue weighted by Crippen LogP contribution is 2.19. The van der Waals surface area contributed by atoms with E-state index >= 15 is 0 Å². The Morgan fingerprint density at radius 2 is 2.30 bits per heavy atom. The van der Waals surface area contributed by atoms with E-state index in [0.717, 1.165) is 0 Å². The first-order valence-electron chi connectivity index (χ1n) is 2.98.